The molecule has 9 fully saturated rings. The van der Waals surface area contributed by atoms with E-state index in [-0.39, 0.29) is 0 Å². The Balaban J connectivity index is 0.000000198. The molecule has 8 bridgehead atoms. The molecule has 10 aliphatic carbocycles. The quantitative estimate of drug-likeness (QED) is 0.188. The molecule has 0 N–H and O–H groups in total. The van der Waals surface area contributed by atoms with E-state index in [4.69, 9.17) is 0 Å². The molecule has 0 radical (unpaired) electrons. The molecule has 0 heteroatoms. The van der Waals surface area contributed by atoms with Crippen molar-refractivity contribution in [2.45, 2.75) is 186 Å². The highest BCUT2D eigenvalue weighted by molar-refractivity contribution is 5.12. The summed E-state index contributed by atoms with van der Waals surface area (Å²) >= 11 is 0. The first-order valence-electron chi connectivity index (χ1n) is 21.5. The third kappa shape index (κ3) is 8.23. The number of allylic oxidation sites excluding steroid dienone is 2. The lowest BCUT2D eigenvalue weighted by Crippen LogP contribution is -2.27. The van der Waals surface area contributed by atoms with Crippen LogP contribution in [0.15, 0.2) is 12.2 Å². The van der Waals surface area contributed by atoms with Crippen LogP contribution in [0.3, 0.4) is 0 Å². The van der Waals surface area contributed by atoms with Crippen LogP contribution in [0.1, 0.15) is 186 Å². The molecular weight excluding hydrogens is 528 g/mol. The highest BCUT2D eigenvalue weighted by Gasteiger charge is 2.59. The molecule has 260 valence electrons. The van der Waals surface area contributed by atoms with Gasteiger partial charge in [-0.3, -0.25) is 0 Å². The molecule has 0 heterocycles. The topological polar surface area (TPSA) is 0 Å². The maximum Gasteiger partial charge on any atom is -0.0171 e. The predicted molar refractivity (Wildman–Crippen MR) is 200 cm³/mol. The summed E-state index contributed by atoms with van der Waals surface area (Å²) in [5.74, 6) is 16.4. The average molecular weight is 613 g/mol. The van der Waals surface area contributed by atoms with Crippen molar-refractivity contribution in [3.05, 3.63) is 12.2 Å². The summed E-state index contributed by atoms with van der Waals surface area (Å²) in [6.45, 7) is 24.0. The second kappa shape index (κ2) is 20.9. The normalized spacial score (nSPS) is 44.6. The van der Waals surface area contributed by atoms with Crippen LogP contribution in [0.25, 0.3) is 0 Å². The first-order valence-corrected chi connectivity index (χ1v) is 21.5. The molecule has 0 aliphatic heterocycles. The largest absolute Gasteiger partial charge is 0.0879 e. The van der Waals surface area contributed by atoms with Crippen LogP contribution in [0, 0.1) is 82.9 Å². The maximum absolute atomic E-state index is 2.49. The molecule has 0 nitrogen and oxygen atoms in total. The molecule has 0 saturated heterocycles. The van der Waals surface area contributed by atoms with Gasteiger partial charge in [0.2, 0.25) is 0 Å². The lowest BCUT2D eigenvalue weighted by atomic mass is 9.71. The Morgan fingerprint density at radius 1 is 0.341 bits per heavy atom. The van der Waals surface area contributed by atoms with E-state index in [1.807, 2.05) is 83.1 Å². The lowest BCUT2D eigenvalue weighted by Gasteiger charge is -2.34. The third-order valence-electron chi connectivity index (χ3n) is 13.9. The fourth-order valence-electron chi connectivity index (χ4n) is 13.0. The smallest absolute Gasteiger partial charge is 0.0171 e. The standard InChI is InChI=1S/C12H18.C10H16.C10H14.6C2H6/c1-2-8-5-7(1)11-9-3-4-10(6-9)12(8)11;2*1-2-9-7-4-5-8(6-7)10(9)3-1;6*1-2/h7-12H,1-6H2;7-10H,1-6H2;1-2,7-10H,3-6H2;6*1-2H3. The molecule has 10 aliphatic rings. The number of hydrogen-bond acceptors (Lipinski definition) is 0. The third-order valence-corrected chi connectivity index (χ3v) is 13.9. The monoisotopic (exact) mass is 613 g/mol. The fourth-order valence-corrected chi connectivity index (χ4v) is 13.0. The van der Waals surface area contributed by atoms with Gasteiger partial charge in [0.25, 0.3) is 0 Å². The second-order valence-corrected chi connectivity index (χ2v) is 14.7. The minimum absolute atomic E-state index is 1.03. The van der Waals surface area contributed by atoms with Gasteiger partial charge < -0.3 is 0 Å². The minimum Gasteiger partial charge on any atom is -0.0879 e. The highest BCUT2D eigenvalue weighted by Crippen LogP contribution is 2.67. The minimum atomic E-state index is 1.03. The summed E-state index contributed by atoms with van der Waals surface area (Å²) in [5.41, 5.74) is 0. The Hall–Kier alpha value is -0.260. The van der Waals surface area contributed by atoms with Crippen molar-refractivity contribution in [3.8, 4) is 0 Å². The van der Waals surface area contributed by atoms with Crippen LogP contribution >= 0.6 is 0 Å². The van der Waals surface area contributed by atoms with Gasteiger partial charge in [-0.2, -0.15) is 0 Å². The van der Waals surface area contributed by atoms with Gasteiger partial charge in [-0.05, 0) is 179 Å². The molecule has 9 saturated carbocycles. The van der Waals surface area contributed by atoms with Crippen molar-refractivity contribution in [1.82, 2.24) is 0 Å². The Morgan fingerprint density at radius 2 is 0.659 bits per heavy atom. The zero-order valence-electron chi connectivity index (χ0n) is 32.6. The Kier molecular flexibility index (Phi) is 18.9. The molecule has 0 aromatic heterocycles. The zero-order chi connectivity index (χ0) is 32.8. The van der Waals surface area contributed by atoms with Gasteiger partial charge in [0, 0.05) is 0 Å². The van der Waals surface area contributed by atoms with Crippen LogP contribution < -0.4 is 0 Å². The Labute approximate surface area is 280 Å². The van der Waals surface area contributed by atoms with E-state index in [0.29, 0.717) is 0 Å². The van der Waals surface area contributed by atoms with Crippen LogP contribution in [-0.4, -0.2) is 0 Å². The molecule has 10 rings (SSSR count). The van der Waals surface area contributed by atoms with Crippen LogP contribution in [0.4, 0.5) is 0 Å². The van der Waals surface area contributed by atoms with Crippen molar-refractivity contribution in [3.63, 3.8) is 0 Å². The van der Waals surface area contributed by atoms with E-state index in [2.05, 4.69) is 12.2 Å². The van der Waals surface area contributed by atoms with E-state index in [1.54, 1.807) is 89.9 Å². The van der Waals surface area contributed by atoms with E-state index in [9.17, 15) is 0 Å². The van der Waals surface area contributed by atoms with Crippen LogP contribution in [-0.2, 0) is 0 Å². The van der Waals surface area contributed by atoms with Gasteiger partial charge in [-0.1, -0.05) is 102 Å². The van der Waals surface area contributed by atoms with Crippen LogP contribution in [0.2, 0.25) is 0 Å². The number of fused-ring (bicyclic) bond motifs is 19. The van der Waals surface area contributed by atoms with E-state index < -0.39 is 0 Å². The SMILES string of the molecule is C1=CC2C3CCC(C3)C2C1.C1CC2C3CCC(C3)C2C1.C1CC2CC1C1C3CCC(C3)C21.CC.CC.CC.CC.CC.CC. The molecule has 0 aromatic carbocycles. The van der Waals surface area contributed by atoms with Crippen LogP contribution in [0.5, 0.6) is 0 Å². The summed E-state index contributed by atoms with van der Waals surface area (Å²) in [6, 6.07) is 0. The highest BCUT2D eigenvalue weighted by atomic mass is 14.6. The number of rotatable bonds is 0. The van der Waals surface area contributed by atoms with Gasteiger partial charge in [0.15, 0.2) is 0 Å². The number of hydrogen-bond donors (Lipinski definition) is 0. The molecule has 0 aromatic rings. The van der Waals surface area contributed by atoms with E-state index >= 15 is 0 Å². The average Bonchev–Trinajstić information content (AvgIpc) is 3.98. The second-order valence-electron chi connectivity index (χ2n) is 14.7. The van der Waals surface area contributed by atoms with E-state index in [1.165, 1.54) is 72.0 Å². The Bertz CT molecular complexity index is 686. The zero-order valence-corrected chi connectivity index (χ0v) is 32.6. The summed E-state index contributed by atoms with van der Waals surface area (Å²) in [4.78, 5) is 0. The molecule has 12 atom stereocenters. The summed E-state index contributed by atoms with van der Waals surface area (Å²) in [5, 5.41) is 0. The van der Waals surface area contributed by atoms with Gasteiger partial charge >= 0.3 is 0 Å². The molecular formula is C44H84. The predicted octanol–water partition coefficient (Wildman–Crippen LogP) is 14.7. The van der Waals surface area contributed by atoms with Crippen molar-refractivity contribution in [1.29, 1.82) is 0 Å². The van der Waals surface area contributed by atoms with Gasteiger partial charge in [-0.25, -0.2) is 0 Å². The molecule has 12 unspecified atom stereocenters. The summed E-state index contributed by atoms with van der Waals surface area (Å²) in [6.07, 6.45) is 30.2. The van der Waals surface area contributed by atoms with Gasteiger partial charge in [-0.15, -0.1) is 0 Å². The van der Waals surface area contributed by atoms with Crippen molar-refractivity contribution in [2.75, 3.05) is 0 Å². The van der Waals surface area contributed by atoms with Gasteiger partial charge in [0.05, 0.1) is 0 Å². The van der Waals surface area contributed by atoms with Crippen molar-refractivity contribution >= 4 is 0 Å². The molecule has 0 amide bonds. The first-order chi connectivity index (χ1) is 21.8. The first kappa shape index (κ1) is 39.9. The maximum atomic E-state index is 2.49. The van der Waals surface area contributed by atoms with Crippen molar-refractivity contribution < 1.29 is 0 Å². The lowest BCUT2D eigenvalue weighted by molar-refractivity contribution is 0.146. The van der Waals surface area contributed by atoms with Gasteiger partial charge in [0.1, 0.15) is 0 Å². The summed E-state index contributed by atoms with van der Waals surface area (Å²) in [7, 11) is 0. The Morgan fingerprint density at radius 3 is 1.07 bits per heavy atom. The van der Waals surface area contributed by atoms with E-state index in [0.717, 1.165) is 23.7 Å². The molecule has 0 spiro atoms. The summed E-state index contributed by atoms with van der Waals surface area (Å²) < 4.78 is 0. The fraction of sp³-hybridized carbons (Fsp3) is 0.955. The molecule has 44 heavy (non-hydrogen) atoms. The van der Waals surface area contributed by atoms with Crippen molar-refractivity contribution in [2.24, 2.45) is 82.9 Å².